The number of fused-ring (bicyclic) bond motifs is 1. The van der Waals surface area contributed by atoms with Crippen LogP contribution >= 0.6 is 0 Å². The van der Waals surface area contributed by atoms with Gasteiger partial charge in [0.25, 0.3) is 0 Å². The first-order chi connectivity index (χ1) is 10.1. The Kier molecular flexibility index (Phi) is 3.10. The summed E-state index contributed by atoms with van der Waals surface area (Å²) in [6, 6.07) is 11.7. The molecule has 0 radical (unpaired) electrons. The van der Waals surface area contributed by atoms with E-state index in [1.165, 1.54) is 18.2 Å². The monoisotopic (exact) mass is 283 g/mol. The molecule has 1 aliphatic rings. The molecule has 2 aromatic rings. The highest BCUT2D eigenvalue weighted by Gasteiger charge is 2.31. The molecule has 3 N–H and O–H groups in total. The lowest BCUT2D eigenvalue weighted by Crippen LogP contribution is -2.30. The third-order valence-corrected chi connectivity index (χ3v) is 3.67. The van der Waals surface area contributed by atoms with Gasteiger partial charge in [-0.25, -0.2) is 4.79 Å². The molecule has 1 aliphatic carbocycles. The van der Waals surface area contributed by atoms with Crippen LogP contribution in [-0.2, 0) is 11.2 Å². The summed E-state index contributed by atoms with van der Waals surface area (Å²) in [5.74, 6) is -1.94. The SMILES string of the molecule is O=C(O)c1cc(NC(=O)C2Cc3ccccc32)ccc1O. The zero-order valence-corrected chi connectivity index (χ0v) is 11.0. The van der Waals surface area contributed by atoms with Gasteiger partial charge >= 0.3 is 5.97 Å². The smallest absolute Gasteiger partial charge is 0.339 e. The molecule has 0 aromatic heterocycles. The molecule has 0 saturated heterocycles. The fourth-order valence-electron chi connectivity index (χ4n) is 2.51. The lowest BCUT2D eigenvalue weighted by atomic mass is 9.77. The second kappa shape index (κ2) is 4.94. The molecule has 5 heteroatoms. The first-order valence-electron chi connectivity index (χ1n) is 6.51. The summed E-state index contributed by atoms with van der Waals surface area (Å²) in [7, 11) is 0. The predicted molar refractivity (Wildman–Crippen MR) is 76.6 cm³/mol. The number of hydrogen-bond acceptors (Lipinski definition) is 3. The number of hydrogen-bond donors (Lipinski definition) is 3. The number of aromatic hydroxyl groups is 1. The van der Waals surface area contributed by atoms with Gasteiger partial charge in [-0.3, -0.25) is 4.79 Å². The molecular weight excluding hydrogens is 270 g/mol. The molecule has 2 aromatic carbocycles. The summed E-state index contributed by atoms with van der Waals surface area (Å²) in [5.41, 5.74) is 2.29. The van der Waals surface area contributed by atoms with Crippen LogP contribution in [0.4, 0.5) is 5.69 Å². The van der Waals surface area contributed by atoms with Crippen LogP contribution in [0.15, 0.2) is 42.5 Å². The van der Waals surface area contributed by atoms with E-state index in [1.807, 2.05) is 24.3 Å². The molecule has 0 saturated carbocycles. The molecule has 0 heterocycles. The standard InChI is InChI=1S/C16H13NO4/c18-14-6-5-10(8-13(14)16(20)21)17-15(19)12-7-9-3-1-2-4-11(9)12/h1-6,8,12,18H,7H2,(H,17,19)(H,20,21). The number of benzene rings is 2. The van der Waals surface area contributed by atoms with Crippen LogP contribution in [0.25, 0.3) is 0 Å². The summed E-state index contributed by atoms with van der Waals surface area (Å²) in [4.78, 5) is 23.2. The van der Waals surface area contributed by atoms with Gasteiger partial charge in [-0.05, 0) is 35.7 Å². The summed E-state index contributed by atoms with van der Waals surface area (Å²) in [6.45, 7) is 0. The quantitative estimate of drug-likeness (QED) is 0.755. The minimum absolute atomic E-state index is 0.171. The Morgan fingerprint density at radius 2 is 1.90 bits per heavy atom. The average molecular weight is 283 g/mol. The van der Waals surface area contributed by atoms with Crippen molar-refractivity contribution >= 4 is 17.6 Å². The Hall–Kier alpha value is -2.82. The van der Waals surface area contributed by atoms with Crippen LogP contribution in [0.2, 0.25) is 0 Å². The van der Waals surface area contributed by atoms with Crippen molar-refractivity contribution in [2.45, 2.75) is 12.3 Å². The Labute approximate surface area is 120 Å². The van der Waals surface area contributed by atoms with Crippen molar-refractivity contribution in [2.24, 2.45) is 0 Å². The Bertz CT molecular complexity index is 739. The second-order valence-corrected chi connectivity index (χ2v) is 4.98. The Morgan fingerprint density at radius 3 is 2.62 bits per heavy atom. The maximum atomic E-state index is 12.2. The van der Waals surface area contributed by atoms with Crippen LogP contribution in [-0.4, -0.2) is 22.1 Å². The normalized spacial score (nSPS) is 15.7. The van der Waals surface area contributed by atoms with Gasteiger partial charge in [-0.15, -0.1) is 0 Å². The van der Waals surface area contributed by atoms with Crippen molar-refractivity contribution in [3.63, 3.8) is 0 Å². The molecule has 1 amide bonds. The van der Waals surface area contributed by atoms with E-state index in [4.69, 9.17) is 5.11 Å². The highest BCUT2D eigenvalue weighted by atomic mass is 16.4. The highest BCUT2D eigenvalue weighted by Crippen LogP contribution is 2.35. The molecule has 1 unspecified atom stereocenters. The number of rotatable bonds is 3. The van der Waals surface area contributed by atoms with Gasteiger partial charge in [0, 0.05) is 5.69 Å². The van der Waals surface area contributed by atoms with Crippen molar-refractivity contribution in [3.05, 3.63) is 59.2 Å². The summed E-state index contributed by atoms with van der Waals surface area (Å²) in [5, 5.41) is 21.1. The number of phenols is 1. The largest absolute Gasteiger partial charge is 0.507 e. The summed E-state index contributed by atoms with van der Waals surface area (Å²) >= 11 is 0. The van der Waals surface area contributed by atoms with E-state index in [-0.39, 0.29) is 23.1 Å². The highest BCUT2D eigenvalue weighted by molar-refractivity contribution is 5.99. The first-order valence-corrected chi connectivity index (χ1v) is 6.51. The first kappa shape index (κ1) is 13.2. The van der Waals surface area contributed by atoms with Gasteiger partial charge in [-0.2, -0.15) is 0 Å². The Balaban J connectivity index is 1.78. The van der Waals surface area contributed by atoms with E-state index in [2.05, 4.69) is 5.32 Å². The van der Waals surface area contributed by atoms with Gasteiger partial charge in [-0.1, -0.05) is 24.3 Å². The number of amides is 1. The van der Waals surface area contributed by atoms with Gasteiger partial charge < -0.3 is 15.5 Å². The number of carboxylic acid groups (broad SMARTS) is 1. The number of nitrogens with one attached hydrogen (secondary N) is 1. The molecule has 1 atom stereocenters. The van der Waals surface area contributed by atoms with Gasteiger partial charge in [0.15, 0.2) is 0 Å². The van der Waals surface area contributed by atoms with E-state index < -0.39 is 5.97 Å². The van der Waals surface area contributed by atoms with E-state index in [1.54, 1.807) is 0 Å². The molecular formula is C16H13NO4. The maximum Gasteiger partial charge on any atom is 0.339 e. The lowest BCUT2D eigenvalue weighted by Gasteiger charge is -2.28. The van der Waals surface area contributed by atoms with Crippen molar-refractivity contribution < 1.29 is 19.8 Å². The zero-order chi connectivity index (χ0) is 15.0. The molecule has 106 valence electrons. The predicted octanol–water partition coefficient (Wildman–Crippen LogP) is 2.37. The molecule has 3 rings (SSSR count). The lowest BCUT2D eigenvalue weighted by molar-refractivity contribution is -0.118. The van der Waals surface area contributed by atoms with E-state index in [0.29, 0.717) is 12.1 Å². The maximum absolute atomic E-state index is 12.2. The summed E-state index contributed by atoms with van der Waals surface area (Å²) in [6.07, 6.45) is 0.686. The van der Waals surface area contributed by atoms with Gasteiger partial charge in [0.1, 0.15) is 11.3 Å². The zero-order valence-electron chi connectivity index (χ0n) is 11.0. The minimum atomic E-state index is -1.24. The van der Waals surface area contributed by atoms with E-state index >= 15 is 0 Å². The van der Waals surface area contributed by atoms with Crippen molar-refractivity contribution in [3.8, 4) is 5.75 Å². The van der Waals surface area contributed by atoms with Crippen LogP contribution in [0, 0.1) is 0 Å². The van der Waals surface area contributed by atoms with Crippen molar-refractivity contribution in [2.75, 3.05) is 5.32 Å². The van der Waals surface area contributed by atoms with Crippen LogP contribution in [0.3, 0.4) is 0 Å². The number of carboxylic acids is 1. The number of carbonyl (C=O) groups is 2. The fourth-order valence-corrected chi connectivity index (χ4v) is 2.51. The van der Waals surface area contributed by atoms with Crippen LogP contribution in [0.1, 0.15) is 27.4 Å². The van der Waals surface area contributed by atoms with Crippen LogP contribution < -0.4 is 5.32 Å². The summed E-state index contributed by atoms with van der Waals surface area (Å²) < 4.78 is 0. The number of carbonyl (C=O) groups excluding carboxylic acids is 1. The molecule has 0 bridgehead atoms. The van der Waals surface area contributed by atoms with Gasteiger partial charge in [0.05, 0.1) is 5.92 Å². The third kappa shape index (κ3) is 2.33. The number of anilines is 1. The second-order valence-electron chi connectivity index (χ2n) is 4.98. The fraction of sp³-hybridized carbons (Fsp3) is 0.125. The third-order valence-electron chi connectivity index (χ3n) is 3.67. The average Bonchev–Trinajstić information content (AvgIpc) is 2.42. The Morgan fingerprint density at radius 1 is 1.14 bits per heavy atom. The van der Waals surface area contributed by atoms with Crippen molar-refractivity contribution in [1.82, 2.24) is 0 Å². The molecule has 0 fully saturated rings. The molecule has 21 heavy (non-hydrogen) atoms. The minimum Gasteiger partial charge on any atom is -0.507 e. The molecule has 0 aliphatic heterocycles. The van der Waals surface area contributed by atoms with Crippen LogP contribution in [0.5, 0.6) is 5.75 Å². The van der Waals surface area contributed by atoms with Gasteiger partial charge in [0.2, 0.25) is 5.91 Å². The molecule has 5 nitrogen and oxygen atoms in total. The van der Waals surface area contributed by atoms with E-state index in [0.717, 1.165) is 11.1 Å². The van der Waals surface area contributed by atoms with Crippen molar-refractivity contribution in [1.29, 1.82) is 0 Å². The molecule has 0 spiro atoms. The van der Waals surface area contributed by atoms with E-state index in [9.17, 15) is 14.7 Å². The topological polar surface area (TPSA) is 86.6 Å². The number of aromatic carboxylic acids is 1.